The summed E-state index contributed by atoms with van der Waals surface area (Å²) < 4.78 is 0. The van der Waals surface area contributed by atoms with Crippen LogP contribution in [0.2, 0.25) is 0 Å². The molecule has 0 rings (SSSR count). The topological polar surface area (TPSA) is 40.5 Å². The summed E-state index contributed by atoms with van der Waals surface area (Å²) >= 11 is 0. The lowest BCUT2D eigenvalue weighted by molar-refractivity contribution is -0.143. The summed E-state index contributed by atoms with van der Waals surface area (Å²) in [4.78, 5) is 13.0. The normalized spacial score (nSPS) is 13.2. The molecule has 0 saturated heterocycles. The fourth-order valence-corrected chi connectivity index (χ4v) is 1.56. The lowest BCUT2D eigenvalue weighted by Crippen LogP contribution is -2.41. The molecule has 13 heavy (non-hydrogen) atoms. The van der Waals surface area contributed by atoms with Crippen LogP contribution in [-0.4, -0.2) is 35.1 Å². The molecule has 0 heterocycles. The fourth-order valence-electron chi connectivity index (χ4n) is 1.56. The third-order valence-corrected chi connectivity index (χ3v) is 2.20. The Balaban J connectivity index is 4.20. The third kappa shape index (κ3) is 4.27. The largest absolute Gasteiger partial charge is 0.480 e. The molecule has 1 unspecified atom stereocenters. The van der Waals surface area contributed by atoms with Gasteiger partial charge in [-0.05, 0) is 25.9 Å². The fraction of sp³-hybridized carbons (Fsp3) is 0.900. The minimum absolute atomic E-state index is 0.282. The van der Waals surface area contributed by atoms with Crippen molar-refractivity contribution in [2.75, 3.05) is 13.1 Å². The Morgan fingerprint density at radius 2 is 1.92 bits per heavy atom. The van der Waals surface area contributed by atoms with E-state index < -0.39 is 5.97 Å². The van der Waals surface area contributed by atoms with Crippen LogP contribution in [-0.2, 0) is 4.79 Å². The minimum atomic E-state index is -0.683. The summed E-state index contributed by atoms with van der Waals surface area (Å²) in [5, 5.41) is 8.99. The predicted molar refractivity (Wildman–Crippen MR) is 53.9 cm³/mol. The van der Waals surface area contributed by atoms with E-state index in [1.807, 2.05) is 18.7 Å². The van der Waals surface area contributed by atoms with Gasteiger partial charge < -0.3 is 5.11 Å². The highest BCUT2D eigenvalue weighted by Crippen LogP contribution is 2.07. The van der Waals surface area contributed by atoms with Gasteiger partial charge >= 0.3 is 5.97 Å². The van der Waals surface area contributed by atoms with Crippen molar-refractivity contribution in [2.45, 2.75) is 46.1 Å². The smallest absolute Gasteiger partial charge is 0.320 e. The summed E-state index contributed by atoms with van der Waals surface area (Å²) in [6, 6.07) is -0.282. The van der Waals surface area contributed by atoms with E-state index in [-0.39, 0.29) is 6.04 Å². The van der Waals surface area contributed by atoms with Gasteiger partial charge in [0.25, 0.3) is 0 Å². The first-order chi connectivity index (χ1) is 6.17. The second-order valence-corrected chi connectivity index (χ2v) is 3.27. The monoisotopic (exact) mass is 187 g/mol. The average Bonchev–Trinajstić information content (AvgIpc) is 2.10. The Bertz CT molecular complexity index is 148. The molecule has 3 nitrogen and oxygen atoms in total. The van der Waals surface area contributed by atoms with Crippen LogP contribution < -0.4 is 0 Å². The number of likely N-dealkylation sites (N-methyl/N-ethyl adjacent to an activating group) is 1. The molecular weight excluding hydrogens is 166 g/mol. The third-order valence-electron chi connectivity index (χ3n) is 2.20. The average molecular weight is 187 g/mol. The van der Waals surface area contributed by atoms with E-state index in [0.29, 0.717) is 0 Å². The van der Waals surface area contributed by atoms with Crippen molar-refractivity contribution in [1.82, 2.24) is 4.90 Å². The second kappa shape index (κ2) is 6.89. The van der Waals surface area contributed by atoms with E-state index in [4.69, 9.17) is 5.11 Å². The molecule has 0 aliphatic carbocycles. The van der Waals surface area contributed by atoms with Crippen molar-refractivity contribution in [3.05, 3.63) is 0 Å². The Labute approximate surface area is 80.7 Å². The number of aliphatic carboxylic acids is 1. The highest BCUT2D eigenvalue weighted by Gasteiger charge is 2.22. The number of carbonyl (C=O) groups is 1. The van der Waals surface area contributed by atoms with Crippen LogP contribution in [0.1, 0.15) is 40.0 Å². The number of hydrogen-bond acceptors (Lipinski definition) is 2. The van der Waals surface area contributed by atoms with Gasteiger partial charge in [0.05, 0.1) is 0 Å². The maximum Gasteiger partial charge on any atom is 0.320 e. The van der Waals surface area contributed by atoms with E-state index in [2.05, 4.69) is 6.92 Å². The molecule has 3 heteroatoms. The molecule has 0 aliphatic rings. The zero-order chi connectivity index (χ0) is 10.3. The highest BCUT2D eigenvalue weighted by molar-refractivity contribution is 5.73. The predicted octanol–water partition coefficient (Wildman–Crippen LogP) is 1.97. The Kier molecular flexibility index (Phi) is 6.59. The molecule has 0 saturated carbocycles. The number of hydrogen-bond donors (Lipinski definition) is 1. The van der Waals surface area contributed by atoms with Gasteiger partial charge in [0.2, 0.25) is 0 Å². The van der Waals surface area contributed by atoms with Gasteiger partial charge in [0.15, 0.2) is 0 Å². The first-order valence-electron chi connectivity index (χ1n) is 5.14. The van der Waals surface area contributed by atoms with Gasteiger partial charge in [-0.3, -0.25) is 9.69 Å². The SMILES string of the molecule is CCCC(C(=O)O)N(CC)CCC. The van der Waals surface area contributed by atoms with Crippen LogP contribution in [0.3, 0.4) is 0 Å². The zero-order valence-electron chi connectivity index (χ0n) is 8.92. The first kappa shape index (κ1) is 12.4. The maximum atomic E-state index is 10.9. The van der Waals surface area contributed by atoms with Crippen molar-refractivity contribution >= 4 is 5.97 Å². The van der Waals surface area contributed by atoms with Gasteiger partial charge in [-0.2, -0.15) is 0 Å². The van der Waals surface area contributed by atoms with Gasteiger partial charge in [-0.1, -0.05) is 27.2 Å². The molecule has 1 atom stereocenters. The van der Waals surface area contributed by atoms with Crippen molar-refractivity contribution in [1.29, 1.82) is 0 Å². The van der Waals surface area contributed by atoms with E-state index in [0.717, 1.165) is 32.4 Å². The quantitative estimate of drug-likeness (QED) is 0.662. The summed E-state index contributed by atoms with van der Waals surface area (Å²) in [6.45, 7) is 7.82. The van der Waals surface area contributed by atoms with Crippen LogP contribution in [0.15, 0.2) is 0 Å². The maximum absolute atomic E-state index is 10.9. The number of carboxylic acids is 1. The van der Waals surface area contributed by atoms with Crippen molar-refractivity contribution in [2.24, 2.45) is 0 Å². The number of rotatable bonds is 7. The van der Waals surface area contributed by atoms with Gasteiger partial charge in [-0.15, -0.1) is 0 Å². The first-order valence-corrected chi connectivity index (χ1v) is 5.14. The van der Waals surface area contributed by atoms with Gasteiger partial charge in [0.1, 0.15) is 6.04 Å². The van der Waals surface area contributed by atoms with Crippen LogP contribution in [0, 0.1) is 0 Å². The van der Waals surface area contributed by atoms with Crippen LogP contribution >= 0.6 is 0 Å². The number of nitrogens with zero attached hydrogens (tertiary/aromatic N) is 1. The molecular formula is C10H21NO2. The molecule has 0 radical (unpaired) electrons. The van der Waals surface area contributed by atoms with Crippen LogP contribution in [0.4, 0.5) is 0 Å². The van der Waals surface area contributed by atoms with Crippen molar-refractivity contribution < 1.29 is 9.90 Å². The van der Waals surface area contributed by atoms with Gasteiger partial charge in [-0.25, -0.2) is 0 Å². The molecule has 1 N–H and O–H groups in total. The molecule has 0 spiro atoms. The lowest BCUT2D eigenvalue weighted by Gasteiger charge is -2.26. The molecule has 0 aromatic rings. The van der Waals surface area contributed by atoms with Gasteiger partial charge in [0, 0.05) is 0 Å². The molecule has 0 aromatic heterocycles. The van der Waals surface area contributed by atoms with E-state index in [9.17, 15) is 4.79 Å². The molecule has 0 aromatic carbocycles. The summed E-state index contributed by atoms with van der Waals surface area (Å²) in [6.07, 6.45) is 2.70. The lowest BCUT2D eigenvalue weighted by atomic mass is 10.1. The second-order valence-electron chi connectivity index (χ2n) is 3.27. The van der Waals surface area contributed by atoms with Crippen LogP contribution in [0.5, 0.6) is 0 Å². The summed E-state index contributed by atoms with van der Waals surface area (Å²) in [7, 11) is 0. The molecule has 0 amide bonds. The standard InChI is InChI=1S/C10H21NO2/c1-4-7-9(10(12)13)11(6-3)8-5-2/h9H,4-8H2,1-3H3,(H,12,13). The molecule has 78 valence electrons. The Morgan fingerprint density at radius 1 is 1.31 bits per heavy atom. The van der Waals surface area contributed by atoms with Crippen LogP contribution in [0.25, 0.3) is 0 Å². The summed E-state index contributed by atoms with van der Waals surface area (Å²) in [5.41, 5.74) is 0. The van der Waals surface area contributed by atoms with E-state index >= 15 is 0 Å². The molecule has 0 fully saturated rings. The summed E-state index contributed by atoms with van der Waals surface area (Å²) in [5.74, 6) is -0.683. The Morgan fingerprint density at radius 3 is 2.23 bits per heavy atom. The van der Waals surface area contributed by atoms with E-state index in [1.165, 1.54) is 0 Å². The van der Waals surface area contributed by atoms with Crippen molar-refractivity contribution in [3.8, 4) is 0 Å². The number of carboxylic acid groups (broad SMARTS) is 1. The van der Waals surface area contributed by atoms with E-state index in [1.54, 1.807) is 0 Å². The Hall–Kier alpha value is -0.570. The zero-order valence-corrected chi connectivity index (χ0v) is 8.92. The van der Waals surface area contributed by atoms with Crippen molar-refractivity contribution in [3.63, 3.8) is 0 Å². The minimum Gasteiger partial charge on any atom is -0.480 e. The highest BCUT2D eigenvalue weighted by atomic mass is 16.4. The molecule has 0 aliphatic heterocycles. The molecule has 0 bridgehead atoms.